The molecule has 6 heteroatoms. The lowest BCUT2D eigenvalue weighted by molar-refractivity contribution is -0.00272. The van der Waals surface area contributed by atoms with E-state index in [2.05, 4.69) is 0 Å². The van der Waals surface area contributed by atoms with Crippen molar-refractivity contribution in [3.63, 3.8) is 0 Å². The Kier molecular flexibility index (Phi) is 4.51. The second-order valence-corrected chi connectivity index (χ2v) is 3.55. The number of carbonyl (C=O) groups excluding carboxylic acids is 1. The molecule has 0 heterocycles. The normalized spacial score (nSPS) is 12.6. The zero-order valence-corrected chi connectivity index (χ0v) is 9.08. The predicted octanol–water partition coefficient (Wildman–Crippen LogP) is 1.49. The van der Waals surface area contributed by atoms with E-state index in [-0.39, 0.29) is 11.1 Å². The van der Waals surface area contributed by atoms with Gasteiger partial charge in [0, 0.05) is 6.54 Å². The van der Waals surface area contributed by atoms with Crippen molar-refractivity contribution in [1.29, 1.82) is 0 Å². The monoisotopic (exact) mass is 247 g/mol. The summed E-state index contributed by atoms with van der Waals surface area (Å²) in [5.41, 5.74) is 0.0542. The van der Waals surface area contributed by atoms with Crippen LogP contribution in [0.5, 0.6) is 0 Å². The van der Waals surface area contributed by atoms with Gasteiger partial charge in [-0.3, -0.25) is 4.79 Å². The Balaban J connectivity index is 2.68. The van der Waals surface area contributed by atoms with Crippen LogP contribution in [0.4, 0.5) is 13.2 Å². The summed E-state index contributed by atoms with van der Waals surface area (Å²) in [7, 11) is 0. The van der Waals surface area contributed by atoms with Crippen LogP contribution < -0.4 is 5.32 Å². The first-order chi connectivity index (χ1) is 7.93. The molecule has 0 saturated heterocycles. The number of carbonyl (C=O) groups is 1. The Labute approximate surface area is 96.3 Å². The van der Waals surface area contributed by atoms with E-state index in [0.717, 1.165) is 0 Å². The fourth-order valence-corrected chi connectivity index (χ4v) is 1.20. The van der Waals surface area contributed by atoms with Gasteiger partial charge in [0.2, 0.25) is 0 Å². The lowest BCUT2D eigenvalue weighted by atomic mass is 10.1. The van der Waals surface area contributed by atoms with Crippen molar-refractivity contribution in [3.8, 4) is 0 Å². The number of halogens is 3. The largest absolute Gasteiger partial charge is 0.385 e. The van der Waals surface area contributed by atoms with Crippen molar-refractivity contribution in [2.45, 2.75) is 19.5 Å². The van der Waals surface area contributed by atoms with E-state index in [9.17, 15) is 18.0 Å². The smallest absolute Gasteiger partial charge is 0.265 e. The molecule has 3 nitrogen and oxygen atoms in total. The molecule has 1 amide bonds. The molecule has 1 unspecified atom stereocenters. The fraction of sp³-hybridized carbons (Fsp3) is 0.364. The first-order valence-corrected chi connectivity index (χ1v) is 4.93. The lowest BCUT2D eigenvalue weighted by Crippen LogP contribution is -2.36. The minimum Gasteiger partial charge on any atom is -0.385 e. The number of alkyl halides is 2. The topological polar surface area (TPSA) is 49.3 Å². The van der Waals surface area contributed by atoms with E-state index in [0.29, 0.717) is 0 Å². The Morgan fingerprint density at radius 3 is 2.71 bits per heavy atom. The summed E-state index contributed by atoms with van der Waals surface area (Å²) in [6, 6.07) is 4.21. The second-order valence-electron chi connectivity index (χ2n) is 3.55. The number of hydrogen-bond acceptors (Lipinski definition) is 2. The van der Waals surface area contributed by atoms with Crippen molar-refractivity contribution in [2.75, 3.05) is 6.54 Å². The van der Waals surface area contributed by atoms with E-state index in [4.69, 9.17) is 5.11 Å². The zero-order valence-electron chi connectivity index (χ0n) is 9.08. The van der Waals surface area contributed by atoms with E-state index in [1.165, 1.54) is 25.1 Å². The van der Waals surface area contributed by atoms with Gasteiger partial charge in [-0.05, 0) is 18.6 Å². The van der Waals surface area contributed by atoms with E-state index in [1.54, 1.807) is 0 Å². The zero-order chi connectivity index (χ0) is 13.0. The highest BCUT2D eigenvalue weighted by Gasteiger charge is 2.19. The molecule has 0 aliphatic carbocycles. The number of aliphatic hydroxyl groups excluding tert-OH is 1. The van der Waals surface area contributed by atoms with Gasteiger partial charge in [-0.1, -0.05) is 12.1 Å². The van der Waals surface area contributed by atoms with Gasteiger partial charge in [-0.15, -0.1) is 0 Å². The van der Waals surface area contributed by atoms with E-state index in [1.807, 2.05) is 5.32 Å². The van der Waals surface area contributed by atoms with Crippen molar-refractivity contribution in [3.05, 3.63) is 35.1 Å². The minimum absolute atomic E-state index is 0.230. The van der Waals surface area contributed by atoms with Crippen LogP contribution in [0.3, 0.4) is 0 Å². The third kappa shape index (κ3) is 3.45. The van der Waals surface area contributed by atoms with Crippen molar-refractivity contribution >= 4 is 5.91 Å². The standard InChI is InChI=1S/C11H12F3NO2/c1-6-3-2-4-7(9(6)12)11(17)15-5-8(16)10(13)14/h2-4,8,10,16H,5H2,1H3,(H,15,17). The highest BCUT2D eigenvalue weighted by Crippen LogP contribution is 2.11. The number of amides is 1. The second kappa shape index (κ2) is 5.67. The molecule has 1 atom stereocenters. The van der Waals surface area contributed by atoms with Gasteiger partial charge in [-0.2, -0.15) is 0 Å². The summed E-state index contributed by atoms with van der Waals surface area (Å²) in [6.07, 6.45) is -4.90. The maximum absolute atomic E-state index is 13.5. The van der Waals surface area contributed by atoms with E-state index < -0.39 is 30.8 Å². The maximum atomic E-state index is 13.5. The van der Waals surface area contributed by atoms with Crippen LogP contribution in [-0.2, 0) is 0 Å². The number of aliphatic hydroxyl groups is 1. The van der Waals surface area contributed by atoms with Gasteiger partial charge in [0.15, 0.2) is 0 Å². The average Bonchev–Trinajstić information content (AvgIpc) is 2.29. The quantitative estimate of drug-likeness (QED) is 0.846. The Morgan fingerprint density at radius 1 is 1.47 bits per heavy atom. The summed E-state index contributed by atoms with van der Waals surface area (Å²) in [5.74, 6) is -1.53. The number of benzene rings is 1. The molecule has 94 valence electrons. The molecule has 0 radical (unpaired) electrons. The van der Waals surface area contributed by atoms with Crippen LogP contribution in [0.25, 0.3) is 0 Å². The lowest BCUT2D eigenvalue weighted by Gasteiger charge is -2.11. The fourth-order valence-electron chi connectivity index (χ4n) is 1.20. The number of hydrogen-bond donors (Lipinski definition) is 2. The minimum atomic E-state index is -2.95. The molecular weight excluding hydrogens is 235 g/mol. The first-order valence-electron chi connectivity index (χ1n) is 4.93. The van der Waals surface area contributed by atoms with Gasteiger partial charge in [0.25, 0.3) is 12.3 Å². The number of aryl methyl sites for hydroxylation is 1. The highest BCUT2D eigenvalue weighted by molar-refractivity contribution is 5.94. The molecule has 17 heavy (non-hydrogen) atoms. The molecule has 0 aliphatic rings. The third-order valence-corrected chi connectivity index (χ3v) is 2.20. The van der Waals surface area contributed by atoms with Crippen molar-refractivity contribution < 1.29 is 23.1 Å². The Hall–Kier alpha value is -1.56. The van der Waals surface area contributed by atoms with Gasteiger partial charge in [-0.25, -0.2) is 13.2 Å². The molecular formula is C11H12F3NO2. The van der Waals surface area contributed by atoms with Crippen molar-refractivity contribution in [1.82, 2.24) is 5.32 Å². The Morgan fingerprint density at radius 2 is 2.12 bits per heavy atom. The van der Waals surface area contributed by atoms with Gasteiger partial charge in [0.1, 0.15) is 11.9 Å². The summed E-state index contributed by atoms with van der Waals surface area (Å²) in [4.78, 5) is 11.4. The van der Waals surface area contributed by atoms with Crippen LogP contribution in [0.1, 0.15) is 15.9 Å². The summed E-state index contributed by atoms with van der Waals surface area (Å²) in [6.45, 7) is 0.865. The molecule has 1 aromatic carbocycles. The first kappa shape index (κ1) is 13.5. The predicted molar refractivity (Wildman–Crippen MR) is 55.5 cm³/mol. The molecule has 0 saturated carbocycles. The summed E-state index contributed by atoms with van der Waals surface area (Å²) < 4.78 is 37.4. The van der Waals surface area contributed by atoms with Crippen LogP contribution in [0.15, 0.2) is 18.2 Å². The molecule has 1 rings (SSSR count). The highest BCUT2D eigenvalue weighted by atomic mass is 19.3. The van der Waals surface area contributed by atoms with Gasteiger partial charge >= 0.3 is 0 Å². The van der Waals surface area contributed by atoms with Gasteiger partial charge in [0.05, 0.1) is 5.56 Å². The van der Waals surface area contributed by atoms with Crippen LogP contribution in [0.2, 0.25) is 0 Å². The maximum Gasteiger partial charge on any atom is 0.265 e. The molecule has 0 bridgehead atoms. The third-order valence-electron chi connectivity index (χ3n) is 2.20. The van der Waals surface area contributed by atoms with Gasteiger partial charge < -0.3 is 10.4 Å². The molecule has 1 aromatic rings. The van der Waals surface area contributed by atoms with Crippen molar-refractivity contribution in [2.24, 2.45) is 0 Å². The van der Waals surface area contributed by atoms with Crippen LogP contribution in [0, 0.1) is 12.7 Å². The average molecular weight is 247 g/mol. The van der Waals surface area contributed by atoms with Crippen LogP contribution >= 0.6 is 0 Å². The molecule has 0 aliphatic heterocycles. The SMILES string of the molecule is Cc1cccc(C(=O)NCC(O)C(F)F)c1F. The van der Waals surface area contributed by atoms with Crippen LogP contribution in [-0.4, -0.2) is 30.1 Å². The molecule has 2 N–H and O–H groups in total. The molecule has 0 fully saturated rings. The Bertz CT molecular complexity index is 410. The van der Waals surface area contributed by atoms with E-state index >= 15 is 0 Å². The molecule has 0 aromatic heterocycles. The number of rotatable bonds is 4. The number of nitrogens with one attached hydrogen (secondary N) is 1. The molecule has 0 spiro atoms. The summed E-state index contributed by atoms with van der Waals surface area (Å²) in [5, 5.41) is 10.8. The summed E-state index contributed by atoms with van der Waals surface area (Å²) >= 11 is 0.